The molecule has 220 valence electrons. The van der Waals surface area contributed by atoms with Gasteiger partial charge in [0.05, 0.1) is 31.0 Å². The van der Waals surface area contributed by atoms with Crippen LogP contribution in [-0.2, 0) is 20.5 Å². The van der Waals surface area contributed by atoms with Gasteiger partial charge in [0.1, 0.15) is 0 Å². The number of hydrogen-bond donors (Lipinski definition) is 1. The van der Waals surface area contributed by atoms with Gasteiger partial charge in [0, 0.05) is 13.0 Å². The number of allylic oxidation sites excluding steroid dienone is 1. The van der Waals surface area contributed by atoms with E-state index in [1.807, 2.05) is 18.2 Å². The van der Waals surface area contributed by atoms with Gasteiger partial charge in [0.2, 0.25) is 0 Å². The van der Waals surface area contributed by atoms with Crippen molar-refractivity contribution in [1.82, 2.24) is 0 Å². The summed E-state index contributed by atoms with van der Waals surface area (Å²) in [6, 6.07) is 31.8. The van der Waals surface area contributed by atoms with E-state index in [0.29, 0.717) is 19.6 Å². The minimum Gasteiger partial charge on any atom is -0.402 e. The minimum absolute atomic E-state index is 0.0489. The van der Waals surface area contributed by atoms with Gasteiger partial charge < -0.3 is 19.0 Å². The standard InChI is InChI=1S/C36H48O4Si/c1-5-6-10-25-33(35-27-34(39-35)32(37)24-17-26-38-28-29-18-11-7-12-19-29)40-41(36(2,3)4,30-20-13-8-14-21-30)31-22-15-9-16-23-31/h6-16,18-23,32-35,37H,5,17,24-28H2,1-4H3/b10-6+/t32-,33-,34+,35-/m1/s1. The summed E-state index contributed by atoms with van der Waals surface area (Å²) in [6.45, 7) is 10.3. The van der Waals surface area contributed by atoms with E-state index in [1.54, 1.807) is 0 Å². The zero-order valence-corrected chi connectivity index (χ0v) is 26.2. The lowest BCUT2D eigenvalue weighted by atomic mass is 9.92. The summed E-state index contributed by atoms with van der Waals surface area (Å²) >= 11 is 0. The average Bonchev–Trinajstić information content (AvgIpc) is 2.95. The van der Waals surface area contributed by atoms with Crippen molar-refractivity contribution < 1.29 is 19.0 Å². The van der Waals surface area contributed by atoms with Gasteiger partial charge in [0.25, 0.3) is 8.32 Å². The molecule has 1 aliphatic rings. The van der Waals surface area contributed by atoms with Crippen molar-refractivity contribution >= 4 is 18.7 Å². The lowest BCUT2D eigenvalue weighted by Gasteiger charge is -2.49. The summed E-state index contributed by atoms with van der Waals surface area (Å²) in [5.74, 6) is 0. The molecule has 1 fully saturated rings. The molecule has 0 radical (unpaired) electrons. The molecule has 0 bridgehead atoms. The summed E-state index contributed by atoms with van der Waals surface area (Å²) in [4.78, 5) is 0. The number of aliphatic hydroxyl groups is 1. The largest absolute Gasteiger partial charge is 0.402 e. The van der Waals surface area contributed by atoms with E-state index in [1.165, 1.54) is 15.9 Å². The van der Waals surface area contributed by atoms with Crippen molar-refractivity contribution in [3.8, 4) is 0 Å². The average molecular weight is 573 g/mol. The smallest absolute Gasteiger partial charge is 0.261 e. The number of aliphatic hydroxyl groups excluding tert-OH is 1. The fraction of sp³-hybridized carbons (Fsp3) is 0.444. The van der Waals surface area contributed by atoms with Crippen LogP contribution in [0.3, 0.4) is 0 Å². The molecule has 4 rings (SSSR count). The Morgan fingerprint density at radius 2 is 1.44 bits per heavy atom. The lowest BCUT2D eigenvalue weighted by Crippen LogP contribution is -2.69. The number of benzene rings is 3. The number of ether oxygens (including phenoxy) is 2. The van der Waals surface area contributed by atoms with E-state index in [9.17, 15) is 5.11 Å². The van der Waals surface area contributed by atoms with Crippen LogP contribution >= 0.6 is 0 Å². The predicted molar refractivity (Wildman–Crippen MR) is 171 cm³/mol. The molecular formula is C36H48O4Si. The van der Waals surface area contributed by atoms with Gasteiger partial charge in [-0.25, -0.2) is 0 Å². The fourth-order valence-electron chi connectivity index (χ4n) is 5.87. The second-order valence-electron chi connectivity index (χ2n) is 12.1. The first-order valence-corrected chi connectivity index (χ1v) is 17.1. The molecule has 0 spiro atoms. The van der Waals surface area contributed by atoms with E-state index in [2.05, 4.69) is 113 Å². The topological polar surface area (TPSA) is 47.9 Å². The Hall–Kier alpha value is -2.54. The predicted octanol–water partition coefficient (Wildman–Crippen LogP) is 6.80. The molecule has 3 aromatic carbocycles. The van der Waals surface area contributed by atoms with Crippen molar-refractivity contribution in [1.29, 1.82) is 0 Å². The van der Waals surface area contributed by atoms with E-state index in [4.69, 9.17) is 13.9 Å². The molecule has 0 amide bonds. The van der Waals surface area contributed by atoms with E-state index in [-0.39, 0.29) is 23.4 Å². The highest BCUT2D eigenvalue weighted by Gasteiger charge is 2.53. The van der Waals surface area contributed by atoms with Crippen LogP contribution in [-0.4, -0.2) is 44.4 Å². The molecule has 1 N–H and O–H groups in total. The van der Waals surface area contributed by atoms with Gasteiger partial charge in [-0.05, 0) is 46.7 Å². The van der Waals surface area contributed by atoms with Gasteiger partial charge in [0.15, 0.2) is 0 Å². The second kappa shape index (κ2) is 15.1. The molecule has 1 aliphatic heterocycles. The summed E-state index contributed by atoms with van der Waals surface area (Å²) < 4.78 is 19.7. The van der Waals surface area contributed by atoms with Crippen LogP contribution in [0.2, 0.25) is 5.04 Å². The van der Waals surface area contributed by atoms with Crippen LogP contribution in [0.1, 0.15) is 65.4 Å². The van der Waals surface area contributed by atoms with Crippen molar-refractivity contribution in [3.05, 3.63) is 109 Å². The first-order chi connectivity index (χ1) is 19.8. The molecule has 1 saturated heterocycles. The minimum atomic E-state index is -2.72. The van der Waals surface area contributed by atoms with Crippen LogP contribution in [0.4, 0.5) is 0 Å². The maximum absolute atomic E-state index is 10.9. The second-order valence-corrected chi connectivity index (χ2v) is 16.4. The molecule has 0 aliphatic carbocycles. The third-order valence-corrected chi connectivity index (χ3v) is 13.1. The maximum atomic E-state index is 10.9. The van der Waals surface area contributed by atoms with Gasteiger partial charge in [-0.1, -0.05) is 131 Å². The SMILES string of the molecule is CC/C=C/C[C@@H](O[Si](c1ccccc1)(c1ccccc1)C(C)(C)C)[C@H]1C[C@@H]([C@H](O)CCCOCc2ccccc2)O1. The Morgan fingerprint density at radius 1 is 0.878 bits per heavy atom. The van der Waals surface area contributed by atoms with Crippen molar-refractivity contribution in [2.45, 2.75) is 95.9 Å². The highest BCUT2D eigenvalue weighted by atomic mass is 28.4. The van der Waals surface area contributed by atoms with Crippen LogP contribution in [0.25, 0.3) is 0 Å². The zero-order chi connectivity index (χ0) is 29.1. The van der Waals surface area contributed by atoms with Crippen LogP contribution in [0.5, 0.6) is 0 Å². The molecule has 4 atom stereocenters. The third kappa shape index (κ3) is 8.06. The molecule has 0 saturated carbocycles. The molecule has 0 unspecified atom stereocenters. The van der Waals surface area contributed by atoms with E-state index < -0.39 is 14.4 Å². The first kappa shape index (κ1) is 31.4. The first-order valence-electron chi connectivity index (χ1n) is 15.2. The summed E-state index contributed by atoms with van der Waals surface area (Å²) in [5.41, 5.74) is 1.17. The van der Waals surface area contributed by atoms with Gasteiger partial charge in [-0.2, -0.15) is 0 Å². The Morgan fingerprint density at radius 3 is 1.98 bits per heavy atom. The van der Waals surface area contributed by atoms with Crippen LogP contribution < -0.4 is 10.4 Å². The number of hydrogen-bond acceptors (Lipinski definition) is 4. The normalized spacial score (nSPS) is 19.1. The van der Waals surface area contributed by atoms with Crippen LogP contribution in [0.15, 0.2) is 103 Å². The van der Waals surface area contributed by atoms with Crippen molar-refractivity contribution in [3.63, 3.8) is 0 Å². The summed E-state index contributed by atoms with van der Waals surface area (Å²) in [7, 11) is -2.72. The molecule has 1 heterocycles. The molecule has 3 aromatic rings. The van der Waals surface area contributed by atoms with Crippen LogP contribution in [0, 0.1) is 0 Å². The fourth-order valence-corrected chi connectivity index (χ4v) is 10.6. The Bertz CT molecular complexity index is 1130. The molecule has 41 heavy (non-hydrogen) atoms. The highest BCUT2D eigenvalue weighted by molar-refractivity contribution is 6.99. The Labute approximate surface area is 248 Å². The van der Waals surface area contributed by atoms with E-state index >= 15 is 0 Å². The Balaban J connectivity index is 1.44. The lowest BCUT2D eigenvalue weighted by molar-refractivity contribution is -0.202. The zero-order valence-electron chi connectivity index (χ0n) is 25.2. The molecule has 5 heteroatoms. The van der Waals surface area contributed by atoms with Gasteiger partial charge in [-0.3, -0.25) is 0 Å². The Kier molecular flexibility index (Phi) is 11.5. The third-order valence-electron chi connectivity index (χ3n) is 8.07. The monoisotopic (exact) mass is 572 g/mol. The van der Waals surface area contributed by atoms with Crippen molar-refractivity contribution in [2.24, 2.45) is 0 Å². The van der Waals surface area contributed by atoms with Gasteiger partial charge in [-0.15, -0.1) is 0 Å². The molecule has 0 aromatic heterocycles. The highest BCUT2D eigenvalue weighted by Crippen LogP contribution is 2.40. The molecular weight excluding hydrogens is 524 g/mol. The summed E-state index contributed by atoms with van der Waals surface area (Å²) in [6.07, 6.45) is 7.71. The maximum Gasteiger partial charge on any atom is 0.261 e. The quantitative estimate of drug-likeness (QED) is 0.124. The van der Waals surface area contributed by atoms with Gasteiger partial charge >= 0.3 is 0 Å². The number of rotatable bonds is 15. The molecule has 4 nitrogen and oxygen atoms in total. The van der Waals surface area contributed by atoms with E-state index in [0.717, 1.165) is 25.7 Å². The summed E-state index contributed by atoms with van der Waals surface area (Å²) in [5, 5.41) is 13.3. The van der Waals surface area contributed by atoms with Crippen molar-refractivity contribution in [2.75, 3.05) is 6.61 Å².